The molecule has 0 saturated carbocycles. The van der Waals surface area contributed by atoms with Gasteiger partial charge in [-0.05, 0) is 46.5 Å². The number of likely N-dealkylation sites (tertiary alicyclic amines) is 1. The first-order valence-corrected chi connectivity index (χ1v) is 11.0. The van der Waals surface area contributed by atoms with Crippen LogP contribution < -0.4 is 0 Å². The molecule has 2 bridgehead atoms. The van der Waals surface area contributed by atoms with Crippen molar-refractivity contribution in [1.29, 1.82) is 0 Å². The summed E-state index contributed by atoms with van der Waals surface area (Å²) in [7, 11) is 0. The van der Waals surface area contributed by atoms with Crippen LogP contribution in [0.15, 0.2) is 12.7 Å². The zero-order valence-corrected chi connectivity index (χ0v) is 19.4. The van der Waals surface area contributed by atoms with Gasteiger partial charge in [0.05, 0.1) is 30.1 Å². The van der Waals surface area contributed by atoms with Crippen molar-refractivity contribution in [3.05, 3.63) is 12.7 Å². The minimum absolute atomic E-state index is 0.127. The minimum Gasteiger partial charge on any atom is -0.481 e. The first kappa shape index (κ1) is 23.7. The summed E-state index contributed by atoms with van der Waals surface area (Å²) in [6.45, 7) is 14.9. The van der Waals surface area contributed by atoms with Gasteiger partial charge in [-0.2, -0.15) is 0 Å². The highest BCUT2D eigenvalue weighted by Crippen LogP contribution is 2.63. The van der Waals surface area contributed by atoms with Crippen LogP contribution in [0.1, 0.15) is 54.4 Å². The van der Waals surface area contributed by atoms with Crippen LogP contribution in [0, 0.1) is 17.8 Å². The predicted molar refractivity (Wildman–Crippen MR) is 114 cm³/mol. The van der Waals surface area contributed by atoms with Crippen molar-refractivity contribution in [3.8, 4) is 0 Å². The van der Waals surface area contributed by atoms with Crippen molar-refractivity contribution >= 4 is 17.8 Å². The van der Waals surface area contributed by atoms with Crippen LogP contribution in [0.2, 0.25) is 0 Å². The monoisotopic (exact) mass is 436 g/mol. The van der Waals surface area contributed by atoms with Crippen molar-refractivity contribution in [2.75, 3.05) is 13.2 Å². The average Bonchev–Trinajstić information content (AvgIpc) is 3.20. The molecule has 3 aliphatic rings. The molecule has 0 aromatic heterocycles. The number of aliphatic carboxylic acids is 1. The zero-order valence-electron chi connectivity index (χ0n) is 19.4. The second-order valence-corrected chi connectivity index (χ2v) is 10.7. The number of rotatable bonds is 7. The number of hydrogen-bond donors (Lipinski definition) is 2. The molecule has 2 unspecified atom stereocenters. The first-order valence-electron chi connectivity index (χ1n) is 11.0. The van der Waals surface area contributed by atoms with E-state index in [1.807, 2.05) is 34.6 Å². The molecular formula is C23H36N2O6. The van der Waals surface area contributed by atoms with Crippen LogP contribution >= 0.6 is 0 Å². The third-order valence-electron chi connectivity index (χ3n) is 7.42. The lowest BCUT2D eigenvalue weighted by molar-refractivity contribution is -0.161. The van der Waals surface area contributed by atoms with E-state index in [4.69, 9.17) is 4.74 Å². The second kappa shape index (κ2) is 7.59. The number of carbonyl (C=O) groups is 3. The van der Waals surface area contributed by atoms with Gasteiger partial charge < -0.3 is 24.7 Å². The fraction of sp³-hybridized carbons (Fsp3) is 0.783. The molecule has 6 atom stereocenters. The van der Waals surface area contributed by atoms with Crippen LogP contribution in [-0.2, 0) is 19.1 Å². The maximum Gasteiger partial charge on any atom is 0.310 e. The van der Waals surface area contributed by atoms with E-state index in [9.17, 15) is 24.6 Å². The molecule has 174 valence electrons. The molecule has 2 N–H and O–H groups in total. The molecule has 8 nitrogen and oxygen atoms in total. The molecule has 1 spiro atoms. The number of carbonyl (C=O) groups excluding carboxylic acids is 2. The Kier molecular flexibility index (Phi) is 5.81. The van der Waals surface area contributed by atoms with Gasteiger partial charge in [0, 0.05) is 12.1 Å². The highest BCUT2D eigenvalue weighted by molar-refractivity contribution is 5.98. The summed E-state index contributed by atoms with van der Waals surface area (Å²) in [6.07, 6.45) is 2.53. The van der Waals surface area contributed by atoms with E-state index < -0.39 is 52.5 Å². The quantitative estimate of drug-likeness (QED) is 0.588. The Labute approximate surface area is 184 Å². The summed E-state index contributed by atoms with van der Waals surface area (Å²) in [5, 5.41) is 20.1. The van der Waals surface area contributed by atoms with Crippen molar-refractivity contribution in [2.45, 2.75) is 83.2 Å². The summed E-state index contributed by atoms with van der Waals surface area (Å²) in [5.74, 6) is -3.89. The van der Waals surface area contributed by atoms with Crippen LogP contribution in [0.25, 0.3) is 0 Å². The van der Waals surface area contributed by atoms with E-state index in [-0.39, 0.29) is 25.0 Å². The number of carboxylic acid groups (broad SMARTS) is 1. The van der Waals surface area contributed by atoms with E-state index in [1.54, 1.807) is 17.9 Å². The number of fused-ring (bicyclic) bond motifs is 1. The summed E-state index contributed by atoms with van der Waals surface area (Å²) in [4.78, 5) is 43.1. The molecule has 2 amide bonds. The molecule has 0 aliphatic carbocycles. The van der Waals surface area contributed by atoms with Crippen LogP contribution in [0.4, 0.5) is 0 Å². The molecule has 0 aromatic carbocycles. The largest absolute Gasteiger partial charge is 0.481 e. The fourth-order valence-electron chi connectivity index (χ4n) is 5.97. The smallest absolute Gasteiger partial charge is 0.310 e. The summed E-state index contributed by atoms with van der Waals surface area (Å²) in [6, 6.07) is -1.60. The van der Waals surface area contributed by atoms with Crippen molar-refractivity contribution in [1.82, 2.24) is 9.80 Å². The van der Waals surface area contributed by atoms with Crippen LogP contribution in [0.5, 0.6) is 0 Å². The average molecular weight is 437 g/mol. The Morgan fingerprint density at radius 2 is 1.97 bits per heavy atom. The number of amides is 2. The minimum atomic E-state index is -1.21. The molecule has 31 heavy (non-hydrogen) atoms. The number of carboxylic acids is 1. The van der Waals surface area contributed by atoms with Gasteiger partial charge in [-0.1, -0.05) is 19.9 Å². The Morgan fingerprint density at radius 1 is 1.35 bits per heavy atom. The van der Waals surface area contributed by atoms with E-state index in [2.05, 4.69) is 6.58 Å². The second-order valence-electron chi connectivity index (χ2n) is 10.7. The molecule has 3 aliphatic heterocycles. The normalized spacial score (nSPS) is 35.4. The topological polar surface area (TPSA) is 107 Å². The molecule has 0 radical (unpaired) electrons. The van der Waals surface area contributed by atoms with Gasteiger partial charge in [0.25, 0.3) is 0 Å². The number of aliphatic hydroxyl groups excluding tert-OH is 1. The number of nitrogens with zero attached hydrogens (tertiary/aromatic N) is 2. The standard InChI is InChI=1S/C23H36N2O6/c1-8-11-24(21(4,5)6)19(28)17-23-10-9-22(7,31-23)16(20(29)30)15(23)18(27)25(17)14(12-26)13(2)3/h8,13-17,26H,1,9-12H2,2-7H3,(H,29,30)/t14-,15-,16-,17?,22+,23?/m0/s1. The lowest BCUT2D eigenvalue weighted by Crippen LogP contribution is -2.62. The molecule has 3 saturated heterocycles. The first-order chi connectivity index (χ1) is 14.3. The maximum absolute atomic E-state index is 14.1. The third kappa shape index (κ3) is 3.30. The van der Waals surface area contributed by atoms with E-state index in [1.165, 1.54) is 4.90 Å². The molecule has 3 fully saturated rings. The molecule has 3 rings (SSSR count). The Bertz CT molecular complexity index is 789. The Morgan fingerprint density at radius 3 is 2.42 bits per heavy atom. The van der Waals surface area contributed by atoms with Gasteiger partial charge in [0.2, 0.25) is 11.8 Å². The Balaban J connectivity index is 2.19. The van der Waals surface area contributed by atoms with Gasteiger partial charge in [0.15, 0.2) is 0 Å². The predicted octanol–water partition coefficient (Wildman–Crippen LogP) is 1.67. The highest BCUT2D eigenvalue weighted by Gasteiger charge is 2.79. The lowest BCUT2D eigenvalue weighted by Gasteiger charge is -2.44. The maximum atomic E-state index is 14.1. The van der Waals surface area contributed by atoms with Crippen LogP contribution in [0.3, 0.4) is 0 Å². The molecular weight excluding hydrogens is 400 g/mol. The van der Waals surface area contributed by atoms with Gasteiger partial charge in [-0.3, -0.25) is 14.4 Å². The molecule has 3 heterocycles. The van der Waals surface area contributed by atoms with Gasteiger partial charge >= 0.3 is 5.97 Å². The fourth-order valence-corrected chi connectivity index (χ4v) is 5.97. The summed E-state index contributed by atoms with van der Waals surface area (Å²) in [5.41, 5.74) is -2.75. The molecule has 0 aromatic rings. The number of ether oxygens (including phenoxy) is 1. The van der Waals surface area contributed by atoms with Crippen molar-refractivity contribution in [2.24, 2.45) is 17.8 Å². The van der Waals surface area contributed by atoms with Crippen LogP contribution in [-0.4, -0.2) is 79.8 Å². The van der Waals surface area contributed by atoms with E-state index >= 15 is 0 Å². The van der Waals surface area contributed by atoms with Gasteiger partial charge in [-0.15, -0.1) is 6.58 Å². The number of hydrogen-bond acceptors (Lipinski definition) is 5. The SMILES string of the molecule is C=CCN(C(=O)C1N([C@@H](CO)C(C)C)C(=O)[C@@H]2[C@@H](C(=O)O)[C@@]3(C)CCC12O3)C(C)(C)C. The highest BCUT2D eigenvalue weighted by atomic mass is 16.5. The van der Waals surface area contributed by atoms with Crippen molar-refractivity contribution < 1.29 is 29.3 Å². The lowest BCUT2D eigenvalue weighted by atomic mass is 9.66. The van der Waals surface area contributed by atoms with Gasteiger partial charge in [0.1, 0.15) is 11.6 Å². The van der Waals surface area contributed by atoms with Crippen molar-refractivity contribution in [3.63, 3.8) is 0 Å². The summed E-state index contributed by atoms with van der Waals surface area (Å²) >= 11 is 0. The van der Waals surface area contributed by atoms with Gasteiger partial charge in [-0.25, -0.2) is 0 Å². The van der Waals surface area contributed by atoms with E-state index in [0.29, 0.717) is 12.8 Å². The summed E-state index contributed by atoms with van der Waals surface area (Å²) < 4.78 is 6.40. The zero-order chi connectivity index (χ0) is 23.5. The third-order valence-corrected chi connectivity index (χ3v) is 7.42. The molecule has 8 heteroatoms. The Hall–Kier alpha value is -1.93. The van der Waals surface area contributed by atoms with E-state index in [0.717, 1.165) is 0 Å². The number of aliphatic hydroxyl groups is 1.